The Hall–Kier alpha value is -3.36. The van der Waals surface area contributed by atoms with Crippen LogP contribution in [0.2, 0.25) is 0 Å². The first kappa shape index (κ1) is 16.1. The molecule has 1 aliphatic heterocycles. The smallest absolute Gasteiger partial charge is 0.274 e. The van der Waals surface area contributed by atoms with Gasteiger partial charge < -0.3 is 9.47 Å². The minimum Gasteiger partial charge on any atom is -0.485 e. The molecule has 3 aromatic rings. The number of aromatic amines is 1. The summed E-state index contributed by atoms with van der Waals surface area (Å²) in [5.74, 6) is 1.00. The second kappa shape index (κ2) is 6.51. The van der Waals surface area contributed by atoms with Crippen LogP contribution in [0.5, 0.6) is 11.5 Å². The van der Waals surface area contributed by atoms with Crippen molar-refractivity contribution in [3.63, 3.8) is 0 Å². The number of aromatic nitrogens is 4. The quantitative estimate of drug-likeness (QED) is 0.726. The fraction of sp³-hybridized carbons (Fsp3) is 0.294. The first-order chi connectivity index (χ1) is 12.6. The Morgan fingerprint density at radius 1 is 1.35 bits per heavy atom. The topological polar surface area (TPSA) is 111 Å². The van der Waals surface area contributed by atoms with Crippen molar-refractivity contribution in [3.05, 3.63) is 46.4 Å². The molecule has 0 radical (unpaired) electrons. The van der Waals surface area contributed by atoms with E-state index in [4.69, 9.17) is 9.47 Å². The van der Waals surface area contributed by atoms with E-state index in [-0.39, 0.29) is 23.9 Å². The third kappa shape index (κ3) is 2.99. The van der Waals surface area contributed by atoms with Crippen molar-refractivity contribution in [3.8, 4) is 11.5 Å². The molecule has 0 bridgehead atoms. The number of fused-ring (bicyclic) bond motifs is 2. The van der Waals surface area contributed by atoms with Crippen LogP contribution in [-0.4, -0.2) is 38.2 Å². The summed E-state index contributed by atoms with van der Waals surface area (Å²) in [5, 5.41) is 5.32. The van der Waals surface area contributed by atoms with Crippen molar-refractivity contribution in [1.29, 1.82) is 0 Å². The number of ether oxygens (including phenoxy) is 2. The molecule has 3 heterocycles. The number of para-hydroxylation sites is 2. The summed E-state index contributed by atoms with van der Waals surface area (Å²) >= 11 is 0. The molecule has 1 aromatic carbocycles. The first-order valence-corrected chi connectivity index (χ1v) is 8.32. The van der Waals surface area contributed by atoms with Crippen LogP contribution >= 0.6 is 0 Å². The van der Waals surface area contributed by atoms with Crippen LogP contribution in [0, 0.1) is 0 Å². The third-order valence-corrected chi connectivity index (χ3v) is 3.93. The summed E-state index contributed by atoms with van der Waals surface area (Å²) in [6.45, 7) is 2.09. The predicted octanol–water partition coefficient (Wildman–Crippen LogP) is 1.15. The van der Waals surface area contributed by atoms with Crippen LogP contribution in [-0.2, 0) is 11.2 Å². The molecule has 0 aliphatic carbocycles. The summed E-state index contributed by atoms with van der Waals surface area (Å²) in [6.07, 6.45) is 0.739. The van der Waals surface area contributed by atoms with Gasteiger partial charge in [-0.1, -0.05) is 25.5 Å². The zero-order valence-corrected chi connectivity index (χ0v) is 14.1. The maximum absolute atomic E-state index is 12.4. The van der Waals surface area contributed by atoms with Gasteiger partial charge in [-0.05, 0) is 18.6 Å². The number of rotatable bonds is 4. The minimum absolute atomic E-state index is 0.0852. The molecule has 1 atom stereocenters. The standard InChI is InChI=1S/C17H17N5O4/c1-2-5-10-8-14(23)22-17(18-10)20-16(21-22)19-15(24)13-9-25-11-6-3-4-7-12(11)26-13/h3-4,6-8,13H,2,5,9H2,1H3,(H2,18,19,20,21,24). The first-order valence-electron chi connectivity index (χ1n) is 8.32. The van der Waals surface area contributed by atoms with Gasteiger partial charge in [-0.3, -0.25) is 20.0 Å². The number of H-pyrrole nitrogens is 1. The molecular weight excluding hydrogens is 338 g/mol. The third-order valence-electron chi connectivity index (χ3n) is 3.93. The van der Waals surface area contributed by atoms with Crippen molar-refractivity contribution in [2.75, 3.05) is 11.9 Å². The fourth-order valence-corrected chi connectivity index (χ4v) is 2.71. The number of anilines is 1. The van der Waals surface area contributed by atoms with Crippen LogP contribution in [0.25, 0.3) is 5.78 Å². The molecule has 0 saturated heterocycles. The van der Waals surface area contributed by atoms with E-state index in [1.165, 1.54) is 10.6 Å². The van der Waals surface area contributed by atoms with Crippen LogP contribution in [0.3, 0.4) is 0 Å². The van der Waals surface area contributed by atoms with Crippen molar-refractivity contribution >= 4 is 17.6 Å². The van der Waals surface area contributed by atoms with E-state index in [9.17, 15) is 9.59 Å². The number of aryl methyl sites for hydroxylation is 1. The van der Waals surface area contributed by atoms with E-state index in [2.05, 4.69) is 20.4 Å². The van der Waals surface area contributed by atoms with E-state index in [1.807, 2.05) is 13.0 Å². The van der Waals surface area contributed by atoms with Gasteiger partial charge in [-0.25, -0.2) is 4.98 Å². The lowest BCUT2D eigenvalue weighted by atomic mass is 10.2. The van der Waals surface area contributed by atoms with Gasteiger partial charge in [0.15, 0.2) is 11.5 Å². The van der Waals surface area contributed by atoms with Gasteiger partial charge in [0.2, 0.25) is 12.1 Å². The zero-order chi connectivity index (χ0) is 18.1. The molecule has 4 rings (SSSR count). The number of carbonyl (C=O) groups is 1. The van der Waals surface area contributed by atoms with Gasteiger partial charge in [-0.15, -0.1) is 0 Å². The number of nitrogens with one attached hydrogen (secondary N) is 2. The summed E-state index contributed by atoms with van der Waals surface area (Å²) in [7, 11) is 0. The number of hydrogen-bond donors (Lipinski definition) is 2. The molecule has 0 saturated carbocycles. The highest BCUT2D eigenvalue weighted by molar-refractivity contribution is 5.93. The molecule has 0 spiro atoms. The summed E-state index contributed by atoms with van der Waals surface area (Å²) in [5.41, 5.74) is 0.389. The Bertz CT molecular complexity index is 1030. The fourth-order valence-electron chi connectivity index (χ4n) is 2.71. The maximum atomic E-state index is 12.4. The van der Waals surface area contributed by atoms with Crippen LogP contribution < -0.4 is 20.3 Å². The van der Waals surface area contributed by atoms with E-state index >= 15 is 0 Å². The number of nitrogens with zero attached hydrogens (tertiary/aromatic N) is 3. The highest BCUT2D eigenvalue weighted by Gasteiger charge is 2.28. The number of hydrogen-bond acceptors (Lipinski definition) is 6. The lowest BCUT2D eigenvalue weighted by molar-refractivity contribution is -0.125. The van der Waals surface area contributed by atoms with Crippen molar-refractivity contribution < 1.29 is 14.3 Å². The monoisotopic (exact) mass is 355 g/mol. The molecule has 2 aromatic heterocycles. The normalized spacial score (nSPS) is 15.8. The van der Waals surface area contributed by atoms with Crippen LogP contribution in [0.15, 0.2) is 35.1 Å². The van der Waals surface area contributed by atoms with E-state index in [0.717, 1.165) is 6.42 Å². The minimum atomic E-state index is -0.821. The summed E-state index contributed by atoms with van der Waals surface area (Å²) in [6, 6.07) is 8.58. The second-order valence-electron chi connectivity index (χ2n) is 5.90. The highest BCUT2D eigenvalue weighted by Crippen LogP contribution is 2.31. The molecule has 26 heavy (non-hydrogen) atoms. The van der Waals surface area contributed by atoms with Gasteiger partial charge in [0.25, 0.3) is 17.2 Å². The zero-order valence-electron chi connectivity index (χ0n) is 14.1. The average molecular weight is 355 g/mol. The Morgan fingerprint density at radius 2 is 2.15 bits per heavy atom. The Labute approximate surface area is 148 Å². The molecule has 0 fully saturated rings. The molecule has 9 nitrogen and oxygen atoms in total. The van der Waals surface area contributed by atoms with E-state index in [1.54, 1.807) is 18.2 Å². The molecule has 9 heteroatoms. The van der Waals surface area contributed by atoms with Gasteiger partial charge in [0.1, 0.15) is 6.61 Å². The molecule has 1 aliphatic rings. The van der Waals surface area contributed by atoms with Crippen LogP contribution in [0.4, 0.5) is 5.95 Å². The van der Waals surface area contributed by atoms with Crippen LogP contribution in [0.1, 0.15) is 19.0 Å². The Balaban J connectivity index is 1.53. The van der Waals surface area contributed by atoms with E-state index < -0.39 is 12.0 Å². The van der Waals surface area contributed by atoms with Crippen molar-refractivity contribution in [2.24, 2.45) is 0 Å². The Kier molecular flexibility index (Phi) is 4.04. The van der Waals surface area contributed by atoms with E-state index in [0.29, 0.717) is 23.6 Å². The molecule has 1 amide bonds. The van der Waals surface area contributed by atoms with Gasteiger partial charge in [-0.2, -0.15) is 9.50 Å². The SMILES string of the molecule is CCCc1cc(=O)n2[nH]c(NC(=O)C3COc4ccccc4O3)nc2n1. The molecule has 1 unspecified atom stereocenters. The van der Waals surface area contributed by atoms with Crippen molar-refractivity contribution in [1.82, 2.24) is 19.6 Å². The summed E-state index contributed by atoms with van der Waals surface area (Å²) < 4.78 is 12.4. The lowest BCUT2D eigenvalue weighted by Crippen LogP contribution is -2.40. The van der Waals surface area contributed by atoms with Crippen molar-refractivity contribution in [2.45, 2.75) is 25.9 Å². The largest absolute Gasteiger partial charge is 0.485 e. The highest BCUT2D eigenvalue weighted by atomic mass is 16.6. The Morgan fingerprint density at radius 3 is 2.96 bits per heavy atom. The molecule has 2 N–H and O–H groups in total. The van der Waals surface area contributed by atoms with Gasteiger partial charge in [0.05, 0.1) is 5.69 Å². The average Bonchev–Trinajstić information content (AvgIpc) is 3.04. The molecule has 134 valence electrons. The van der Waals surface area contributed by atoms with Gasteiger partial charge in [0, 0.05) is 6.07 Å². The maximum Gasteiger partial charge on any atom is 0.274 e. The van der Waals surface area contributed by atoms with Gasteiger partial charge >= 0.3 is 0 Å². The number of benzene rings is 1. The molecular formula is C17H17N5O4. The summed E-state index contributed by atoms with van der Waals surface area (Å²) in [4.78, 5) is 33.0. The number of amides is 1. The second-order valence-corrected chi connectivity index (χ2v) is 5.90. The lowest BCUT2D eigenvalue weighted by Gasteiger charge is -2.25. The predicted molar refractivity (Wildman–Crippen MR) is 92.6 cm³/mol. The number of carbonyl (C=O) groups excluding carboxylic acids is 1.